The van der Waals surface area contributed by atoms with Gasteiger partial charge >= 0.3 is 5.97 Å². The van der Waals surface area contributed by atoms with Gasteiger partial charge in [-0.05, 0) is 11.8 Å². The Labute approximate surface area is 109 Å². The molecular weight excluding hydrogens is 250 g/mol. The Kier molecular flexibility index (Phi) is 3.38. The number of carboxylic acids is 1. The van der Waals surface area contributed by atoms with Crippen molar-refractivity contribution in [1.29, 1.82) is 0 Å². The standard InChI is InChI=1S/C12H17N3O2S/c1-6(2)5-8-14-15-10(11(16)17)9(7(3)4)13-12(15)18-8/h6-7H,5H2,1-4H3,(H,16,17). The quantitative estimate of drug-likeness (QED) is 0.925. The number of imidazole rings is 1. The lowest BCUT2D eigenvalue weighted by atomic mass is 10.1. The minimum atomic E-state index is -0.965. The van der Waals surface area contributed by atoms with Crippen molar-refractivity contribution in [1.82, 2.24) is 14.6 Å². The summed E-state index contributed by atoms with van der Waals surface area (Å²) in [7, 11) is 0. The number of fused-ring (bicyclic) bond motifs is 1. The third-order valence-corrected chi connectivity index (χ3v) is 3.54. The van der Waals surface area contributed by atoms with Gasteiger partial charge in [-0.1, -0.05) is 39.0 Å². The van der Waals surface area contributed by atoms with Gasteiger partial charge in [0.1, 0.15) is 5.01 Å². The number of carbonyl (C=O) groups is 1. The van der Waals surface area contributed by atoms with Crippen molar-refractivity contribution >= 4 is 22.3 Å². The number of carboxylic acid groups (broad SMARTS) is 1. The van der Waals surface area contributed by atoms with Crippen LogP contribution in [0.15, 0.2) is 0 Å². The Hall–Kier alpha value is -1.43. The molecule has 0 aliphatic heterocycles. The fourth-order valence-corrected chi connectivity index (χ4v) is 2.95. The largest absolute Gasteiger partial charge is 0.476 e. The van der Waals surface area contributed by atoms with E-state index in [2.05, 4.69) is 23.9 Å². The van der Waals surface area contributed by atoms with Crippen molar-refractivity contribution in [2.45, 2.75) is 40.0 Å². The summed E-state index contributed by atoms with van der Waals surface area (Å²) < 4.78 is 1.47. The molecule has 0 fully saturated rings. The molecule has 0 bridgehead atoms. The second-order valence-electron chi connectivity index (χ2n) is 5.09. The molecule has 0 aromatic carbocycles. The van der Waals surface area contributed by atoms with Crippen LogP contribution in [0, 0.1) is 5.92 Å². The predicted molar refractivity (Wildman–Crippen MR) is 70.5 cm³/mol. The molecule has 0 unspecified atom stereocenters. The van der Waals surface area contributed by atoms with E-state index in [4.69, 9.17) is 0 Å². The van der Waals surface area contributed by atoms with E-state index in [1.165, 1.54) is 15.9 Å². The van der Waals surface area contributed by atoms with Gasteiger partial charge in [-0.2, -0.15) is 9.61 Å². The first-order chi connectivity index (χ1) is 8.40. The highest BCUT2D eigenvalue weighted by atomic mass is 32.1. The summed E-state index contributed by atoms with van der Waals surface area (Å²) in [5, 5.41) is 14.6. The first-order valence-electron chi connectivity index (χ1n) is 6.01. The molecule has 0 aliphatic rings. The third kappa shape index (κ3) is 2.25. The highest BCUT2D eigenvalue weighted by Crippen LogP contribution is 2.25. The van der Waals surface area contributed by atoms with Crippen LogP contribution in [0.5, 0.6) is 0 Å². The van der Waals surface area contributed by atoms with Crippen LogP contribution in [-0.2, 0) is 6.42 Å². The van der Waals surface area contributed by atoms with E-state index in [9.17, 15) is 9.90 Å². The van der Waals surface area contributed by atoms with Gasteiger partial charge in [0.25, 0.3) is 0 Å². The lowest BCUT2D eigenvalue weighted by molar-refractivity contribution is 0.0686. The summed E-state index contributed by atoms with van der Waals surface area (Å²) in [6.07, 6.45) is 0.851. The van der Waals surface area contributed by atoms with E-state index in [1.54, 1.807) is 0 Å². The summed E-state index contributed by atoms with van der Waals surface area (Å²) >= 11 is 1.47. The van der Waals surface area contributed by atoms with Crippen LogP contribution >= 0.6 is 11.3 Å². The van der Waals surface area contributed by atoms with E-state index in [0.717, 1.165) is 11.4 Å². The predicted octanol–water partition coefficient (Wildman–Crippen LogP) is 2.81. The second-order valence-corrected chi connectivity index (χ2v) is 6.13. The minimum absolute atomic E-state index is 0.0820. The summed E-state index contributed by atoms with van der Waals surface area (Å²) in [5.74, 6) is -0.384. The fourth-order valence-electron chi connectivity index (χ4n) is 1.84. The molecule has 0 saturated heterocycles. The van der Waals surface area contributed by atoms with E-state index >= 15 is 0 Å². The molecule has 0 saturated carbocycles. The molecule has 98 valence electrons. The molecule has 0 amide bonds. The maximum Gasteiger partial charge on any atom is 0.356 e. The smallest absolute Gasteiger partial charge is 0.356 e. The molecule has 18 heavy (non-hydrogen) atoms. The molecule has 2 aromatic rings. The van der Waals surface area contributed by atoms with Crippen LogP contribution in [0.3, 0.4) is 0 Å². The van der Waals surface area contributed by atoms with E-state index < -0.39 is 5.97 Å². The number of aromatic carboxylic acids is 1. The average molecular weight is 267 g/mol. The summed E-state index contributed by atoms with van der Waals surface area (Å²) in [6.45, 7) is 8.10. The van der Waals surface area contributed by atoms with Crippen LogP contribution in [-0.4, -0.2) is 25.7 Å². The highest BCUT2D eigenvalue weighted by Gasteiger charge is 2.23. The summed E-state index contributed by atoms with van der Waals surface area (Å²) in [5.41, 5.74) is 0.809. The number of rotatable bonds is 4. The number of aromatic nitrogens is 3. The highest BCUT2D eigenvalue weighted by molar-refractivity contribution is 7.16. The number of hydrogen-bond donors (Lipinski definition) is 1. The van der Waals surface area contributed by atoms with Gasteiger partial charge in [0.15, 0.2) is 5.69 Å². The SMILES string of the molecule is CC(C)Cc1nn2c(C(=O)O)c(C(C)C)nc2s1. The number of nitrogens with zero attached hydrogens (tertiary/aromatic N) is 3. The Morgan fingerprint density at radius 3 is 2.56 bits per heavy atom. The Morgan fingerprint density at radius 2 is 2.06 bits per heavy atom. The van der Waals surface area contributed by atoms with E-state index in [1.807, 2.05) is 13.8 Å². The molecular formula is C12H17N3O2S. The molecule has 0 atom stereocenters. The van der Waals surface area contributed by atoms with Gasteiger partial charge in [-0.25, -0.2) is 9.78 Å². The lowest BCUT2D eigenvalue weighted by Crippen LogP contribution is -2.08. The van der Waals surface area contributed by atoms with Crippen LogP contribution in [0.2, 0.25) is 0 Å². The number of hydrogen-bond acceptors (Lipinski definition) is 4. The van der Waals surface area contributed by atoms with E-state index in [-0.39, 0.29) is 11.6 Å². The first-order valence-corrected chi connectivity index (χ1v) is 6.83. The van der Waals surface area contributed by atoms with Gasteiger partial charge < -0.3 is 5.11 Å². The van der Waals surface area contributed by atoms with Crippen molar-refractivity contribution in [3.63, 3.8) is 0 Å². The van der Waals surface area contributed by atoms with Gasteiger partial charge in [-0.3, -0.25) is 0 Å². The monoisotopic (exact) mass is 267 g/mol. The molecule has 5 nitrogen and oxygen atoms in total. The van der Waals surface area contributed by atoms with Crippen molar-refractivity contribution in [2.24, 2.45) is 5.92 Å². The zero-order chi connectivity index (χ0) is 13.4. The van der Waals surface area contributed by atoms with Crippen molar-refractivity contribution < 1.29 is 9.90 Å². The molecule has 2 aromatic heterocycles. The topological polar surface area (TPSA) is 67.5 Å². The maximum absolute atomic E-state index is 11.3. The molecule has 2 rings (SSSR count). The second kappa shape index (κ2) is 4.68. The molecule has 0 aliphatic carbocycles. The molecule has 1 N–H and O–H groups in total. The Bertz CT molecular complexity index is 583. The van der Waals surface area contributed by atoms with Crippen molar-refractivity contribution in [3.05, 3.63) is 16.4 Å². The van der Waals surface area contributed by atoms with Crippen molar-refractivity contribution in [3.8, 4) is 0 Å². The van der Waals surface area contributed by atoms with Crippen LogP contribution in [0.1, 0.15) is 54.8 Å². The molecule has 2 heterocycles. The van der Waals surface area contributed by atoms with Crippen molar-refractivity contribution in [2.75, 3.05) is 0 Å². The fraction of sp³-hybridized carbons (Fsp3) is 0.583. The summed E-state index contributed by atoms with van der Waals surface area (Å²) in [4.78, 5) is 16.4. The maximum atomic E-state index is 11.3. The minimum Gasteiger partial charge on any atom is -0.476 e. The average Bonchev–Trinajstić information content (AvgIpc) is 2.71. The zero-order valence-corrected chi connectivity index (χ0v) is 11.8. The zero-order valence-electron chi connectivity index (χ0n) is 11.0. The lowest BCUT2D eigenvalue weighted by Gasteiger charge is -2.02. The normalized spacial score (nSPS) is 11.9. The van der Waals surface area contributed by atoms with Gasteiger partial charge in [-0.15, -0.1) is 0 Å². The first kappa shape index (κ1) is 13.0. The Balaban J connectivity index is 2.55. The van der Waals surface area contributed by atoms with Gasteiger partial charge in [0.2, 0.25) is 4.96 Å². The summed E-state index contributed by atoms with van der Waals surface area (Å²) in [6, 6.07) is 0. The Morgan fingerprint density at radius 1 is 1.39 bits per heavy atom. The molecule has 0 radical (unpaired) electrons. The molecule has 0 spiro atoms. The van der Waals surface area contributed by atoms with Gasteiger partial charge in [0, 0.05) is 6.42 Å². The molecule has 6 heteroatoms. The third-order valence-electron chi connectivity index (χ3n) is 2.60. The van der Waals surface area contributed by atoms with Gasteiger partial charge in [0.05, 0.1) is 5.69 Å². The van der Waals surface area contributed by atoms with E-state index in [0.29, 0.717) is 16.6 Å². The van der Waals surface area contributed by atoms with Crippen LogP contribution in [0.4, 0.5) is 0 Å². The van der Waals surface area contributed by atoms with Crippen LogP contribution in [0.25, 0.3) is 4.96 Å². The van der Waals surface area contributed by atoms with Crippen LogP contribution < -0.4 is 0 Å².